The number of rotatable bonds is 4. The van der Waals surface area contributed by atoms with Crippen LogP contribution in [-0.2, 0) is 0 Å². The lowest BCUT2D eigenvalue weighted by atomic mass is 9.65. The number of aryl methyl sites for hydroxylation is 2. The number of fused-ring (bicyclic) bond motifs is 2. The Hall–Kier alpha value is -0.950. The topological polar surface area (TPSA) is 0 Å². The molecule has 1 aromatic heterocycles. The molecular weight excluding hydrogens is 479 g/mol. The van der Waals surface area contributed by atoms with Crippen molar-refractivity contribution in [1.29, 1.82) is 0 Å². The van der Waals surface area contributed by atoms with E-state index in [9.17, 15) is 0 Å². The quantitative estimate of drug-likeness (QED) is 0.261. The highest BCUT2D eigenvalue weighted by molar-refractivity contribution is 9.09. The Kier molecular flexibility index (Phi) is 5.52. The number of alkyl halides is 1. The first kappa shape index (κ1) is 21.9. The van der Waals surface area contributed by atoms with E-state index >= 15 is 0 Å². The lowest BCUT2D eigenvalue weighted by Gasteiger charge is -2.41. The molecule has 0 nitrogen and oxygen atoms in total. The van der Waals surface area contributed by atoms with Crippen molar-refractivity contribution in [2.24, 2.45) is 16.7 Å². The predicted octanol–water partition coefficient (Wildman–Crippen LogP) is 7.05. The fourth-order valence-electron chi connectivity index (χ4n) is 6.29. The summed E-state index contributed by atoms with van der Waals surface area (Å²) in [5.74, 6) is 0.994. The number of thiophene rings is 1. The normalized spacial score (nSPS) is 29.1. The maximum atomic E-state index is 4.69. The van der Waals surface area contributed by atoms with Crippen LogP contribution in [-0.4, -0.2) is 4.83 Å². The molecule has 3 aromatic rings. The molecule has 0 N–H and O–H groups in total. The fourth-order valence-corrected chi connectivity index (χ4v) is 12.0. The van der Waals surface area contributed by atoms with Gasteiger partial charge in [-0.3, -0.25) is 0 Å². The van der Waals surface area contributed by atoms with Gasteiger partial charge in [0, 0.05) is 25.8 Å². The molecule has 2 saturated carbocycles. The van der Waals surface area contributed by atoms with Gasteiger partial charge in [-0.25, -0.2) is 0 Å². The zero-order valence-electron chi connectivity index (χ0n) is 18.6. The van der Waals surface area contributed by atoms with Gasteiger partial charge in [-0.05, 0) is 81.4 Å². The summed E-state index contributed by atoms with van der Waals surface area (Å²) < 4.78 is 0. The Morgan fingerprint density at radius 2 is 1.48 bits per heavy atom. The van der Waals surface area contributed by atoms with Crippen LogP contribution in [0.25, 0.3) is 0 Å². The zero-order chi connectivity index (χ0) is 22.0. The summed E-state index contributed by atoms with van der Waals surface area (Å²) in [5, 5.41) is 4.44. The highest BCUT2D eigenvalue weighted by atomic mass is 79.9. The van der Waals surface area contributed by atoms with Gasteiger partial charge in [-0.1, -0.05) is 83.5 Å². The molecule has 4 atom stereocenters. The SMILES string of the molecule is [CH2]C1([CH2])C2CCC1(C)C(c1c(C)sc(C)c1P(c1ccccc1)c1ccccc1)C2Br. The van der Waals surface area contributed by atoms with Gasteiger partial charge in [-0.15, -0.1) is 11.3 Å². The molecule has 2 radical (unpaired) electrons. The van der Waals surface area contributed by atoms with Gasteiger partial charge in [0.2, 0.25) is 0 Å². The summed E-state index contributed by atoms with van der Waals surface area (Å²) in [5.41, 5.74) is 1.57. The summed E-state index contributed by atoms with van der Waals surface area (Å²) in [4.78, 5) is 3.39. The minimum atomic E-state index is -0.616. The molecule has 3 heteroatoms. The van der Waals surface area contributed by atoms with Crippen molar-refractivity contribution in [3.05, 3.63) is 89.8 Å². The maximum Gasteiger partial charge on any atom is 0.0254 e. The Morgan fingerprint density at radius 1 is 0.935 bits per heavy atom. The lowest BCUT2D eigenvalue weighted by molar-refractivity contribution is 0.191. The van der Waals surface area contributed by atoms with Gasteiger partial charge < -0.3 is 0 Å². The summed E-state index contributed by atoms with van der Waals surface area (Å²) in [6.07, 6.45) is 2.46. The largest absolute Gasteiger partial charge is 0.145 e. The van der Waals surface area contributed by atoms with E-state index in [2.05, 4.69) is 111 Å². The van der Waals surface area contributed by atoms with Crippen molar-refractivity contribution in [1.82, 2.24) is 0 Å². The van der Waals surface area contributed by atoms with Crippen molar-refractivity contribution < 1.29 is 0 Å². The third-order valence-electron chi connectivity index (χ3n) is 8.05. The summed E-state index contributed by atoms with van der Waals surface area (Å²) in [7, 11) is -0.616. The first-order valence-corrected chi connectivity index (χ1v) is 14.2. The van der Waals surface area contributed by atoms with Crippen LogP contribution < -0.4 is 15.9 Å². The molecule has 160 valence electrons. The van der Waals surface area contributed by atoms with Gasteiger partial charge >= 0.3 is 0 Å². The average molecular weight is 509 g/mol. The summed E-state index contributed by atoms with van der Waals surface area (Å²) in [6.45, 7) is 16.5. The third-order valence-corrected chi connectivity index (χ3v) is 13.1. The minimum Gasteiger partial charge on any atom is -0.145 e. The van der Waals surface area contributed by atoms with Crippen molar-refractivity contribution in [3.63, 3.8) is 0 Å². The molecule has 0 spiro atoms. The van der Waals surface area contributed by atoms with Crippen LogP contribution in [0, 0.1) is 44.4 Å². The van der Waals surface area contributed by atoms with E-state index in [4.69, 9.17) is 0 Å². The molecule has 31 heavy (non-hydrogen) atoms. The molecular formula is C28H30BrPS. The van der Waals surface area contributed by atoms with Gasteiger partial charge in [-0.2, -0.15) is 0 Å². The minimum absolute atomic E-state index is 0.118. The number of hydrogen-bond donors (Lipinski definition) is 0. The summed E-state index contributed by atoms with van der Waals surface area (Å²) in [6, 6.07) is 22.3. The maximum absolute atomic E-state index is 4.69. The van der Waals surface area contributed by atoms with E-state index in [0.717, 1.165) is 0 Å². The first-order valence-electron chi connectivity index (χ1n) is 11.1. The summed E-state index contributed by atoms with van der Waals surface area (Å²) >= 11 is 6.16. The van der Waals surface area contributed by atoms with Crippen molar-refractivity contribution >= 4 is 51.1 Å². The number of benzene rings is 2. The second kappa shape index (κ2) is 7.82. The molecule has 2 aliphatic rings. The van der Waals surface area contributed by atoms with Gasteiger partial charge in [0.15, 0.2) is 0 Å². The molecule has 2 fully saturated rings. The van der Waals surface area contributed by atoms with E-state index in [-0.39, 0.29) is 10.8 Å². The van der Waals surface area contributed by atoms with Crippen molar-refractivity contribution in [2.75, 3.05) is 0 Å². The van der Waals surface area contributed by atoms with Gasteiger partial charge in [0.25, 0.3) is 0 Å². The van der Waals surface area contributed by atoms with E-state index in [1.54, 1.807) is 10.9 Å². The Balaban J connectivity index is 1.75. The van der Waals surface area contributed by atoms with E-state index < -0.39 is 7.92 Å². The third kappa shape index (κ3) is 3.16. The standard InChI is InChI=1S/C28H30BrPS/c1-18-23(24-25(29)22-16-17-28(24,5)27(22,3)4)26(19(2)31-18)30(20-12-8-6-9-13-20)21-14-10-7-11-15-21/h6-15,22,24-25H,3-4,16-17H2,1-2,5H3. The van der Waals surface area contributed by atoms with Crippen LogP contribution in [0.4, 0.5) is 0 Å². The van der Waals surface area contributed by atoms with Crippen LogP contribution in [0.2, 0.25) is 0 Å². The number of hydrogen-bond acceptors (Lipinski definition) is 1. The molecule has 2 bridgehead atoms. The van der Waals surface area contributed by atoms with Gasteiger partial charge in [0.1, 0.15) is 0 Å². The average Bonchev–Trinajstić information content (AvgIpc) is 3.21. The Labute approximate surface area is 201 Å². The molecule has 2 aromatic carbocycles. The van der Waals surface area contributed by atoms with E-state index in [0.29, 0.717) is 16.7 Å². The van der Waals surface area contributed by atoms with Crippen molar-refractivity contribution in [3.8, 4) is 0 Å². The van der Waals surface area contributed by atoms with Crippen LogP contribution in [0.3, 0.4) is 0 Å². The highest BCUT2D eigenvalue weighted by Crippen LogP contribution is 2.72. The van der Waals surface area contributed by atoms with Crippen LogP contribution in [0.15, 0.2) is 60.7 Å². The predicted molar refractivity (Wildman–Crippen MR) is 142 cm³/mol. The van der Waals surface area contributed by atoms with Crippen LogP contribution >= 0.6 is 35.2 Å². The zero-order valence-corrected chi connectivity index (χ0v) is 21.9. The second-order valence-corrected chi connectivity index (χ2v) is 14.3. The van der Waals surface area contributed by atoms with Crippen molar-refractivity contribution in [2.45, 2.75) is 44.4 Å². The van der Waals surface area contributed by atoms with E-state index in [1.807, 2.05) is 11.3 Å². The molecule has 1 heterocycles. The van der Waals surface area contributed by atoms with Crippen LogP contribution in [0.1, 0.15) is 41.0 Å². The van der Waals surface area contributed by atoms with Crippen LogP contribution in [0.5, 0.6) is 0 Å². The fraction of sp³-hybridized carbons (Fsp3) is 0.357. The lowest BCUT2D eigenvalue weighted by Crippen LogP contribution is -2.35. The molecule has 0 saturated heterocycles. The molecule has 0 aliphatic heterocycles. The Bertz CT molecular complexity index is 1050. The smallest absolute Gasteiger partial charge is 0.0254 e. The molecule has 2 aliphatic carbocycles. The van der Waals surface area contributed by atoms with Gasteiger partial charge in [0.05, 0.1) is 0 Å². The number of halogens is 1. The highest BCUT2D eigenvalue weighted by Gasteiger charge is 2.66. The molecule has 0 amide bonds. The second-order valence-electron chi connectivity index (χ2n) is 9.62. The van der Waals surface area contributed by atoms with E-state index in [1.165, 1.54) is 33.2 Å². The Morgan fingerprint density at radius 3 is 1.97 bits per heavy atom. The monoisotopic (exact) mass is 508 g/mol. The molecule has 5 rings (SSSR count). The first-order chi connectivity index (χ1) is 14.8. The molecule has 4 unspecified atom stereocenters.